The van der Waals surface area contributed by atoms with Gasteiger partial charge in [0, 0.05) is 0 Å². The van der Waals surface area contributed by atoms with Crippen LogP contribution in [0.2, 0.25) is 0 Å². The molecule has 0 amide bonds. The highest BCUT2D eigenvalue weighted by atomic mass is 16.6. The number of aliphatic hydroxyl groups excluding tert-OH is 1. The standard InChI is InChI=1S/C9H16O4/c1-2-13-8(11)9(12)6-4-3-5-7(9)10/h7,10,12H,2-6H2,1H3/t7-,9-/m0/s1. The molecule has 0 saturated heterocycles. The molecule has 1 aliphatic rings. The van der Waals surface area contributed by atoms with Crippen LogP contribution in [0, 0.1) is 0 Å². The Balaban J connectivity index is 2.65. The summed E-state index contributed by atoms with van der Waals surface area (Å²) in [5.41, 5.74) is -1.66. The molecule has 1 rings (SSSR count). The summed E-state index contributed by atoms with van der Waals surface area (Å²) < 4.78 is 4.71. The van der Waals surface area contributed by atoms with Gasteiger partial charge in [-0.25, -0.2) is 4.79 Å². The molecule has 4 nitrogen and oxygen atoms in total. The van der Waals surface area contributed by atoms with E-state index in [0.29, 0.717) is 12.8 Å². The largest absolute Gasteiger partial charge is 0.464 e. The fourth-order valence-corrected chi connectivity index (χ4v) is 1.63. The van der Waals surface area contributed by atoms with Gasteiger partial charge >= 0.3 is 5.97 Å². The maximum absolute atomic E-state index is 11.3. The topological polar surface area (TPSA) is 66.8 Å². The third-order valence-corrected chi connectivity index (χ3v) is 2.47. The Morgan fingerprint density at radius 2 is 2.31 bits per heavy atom. The molecule has 0 aromatic carbocycles. The molecule has 1 fully saturated rings. The molecule has 0 spiro atoms. The van der Waals surface area contributed by atoms with E-state index >= 15 is 0 Å². The highest BCUT2D eigenvalue weighted by Gasteiger charge is 2.45. The Hall–Kier alpha value is -0.610. The van der Waals surface area contributed by atoms with Crippen molar-refractivity contribution in [3.05, 3.63) is 0 Å². The monoisotopic (exact) mass is 188 g/mol. The zero-order chi connectivity index (χ0) is 9.90. The number of carbonyl (C=O) groups is 1. The quantitative estimate of drug-likeness (QED) is 0.608. The number of ether oxygens (including phenoxy) is 1. The first-order chi connectivity index (χ1) is 6.11. The second-order valence-corrected chi connectivity index (χ2v) is 3.41. The Morgan fingerprint density at radius 3 is 2.85 bits per heavy atom. The lowest BCUT2D eigenvalue weighted by atomic mass is 9.82. The first-order valence-corrected chi connectivity index (χ1v) is 4.69. The van der Waals surface area contributed by atoms with Crippen molar-refractivity contribution in [1.29, 1.82) is 0 Å². The molecule has 2 atom stereocenters. The minimum Gasteiger partial charge on any atom is -0.464 e. The van der Waals surface area contributed by atoms with E-state index in [4.69, 9.17) is 4.74 Å². The zero-order valence-corrected chi connectivity index (χ0v) is 7.82. The average Bonchev–Trinajstić information content (AvgIpc) is 2.11. The summed E-state index contributed by atoms with van der Waals surface area (Å²) in [5, 5.41) is 19.3. The normalized spacial score (nSPS) is 34.2. The molecule has 13 heavy (non-hydrogen) atoms. The van der Waals surface area contributed by atoms with E-state index in [1.807, 2.05) is 0 Å². The summed E-state index contributed by atoms with van der Waals surface area (Å²) in [4.78, 5) is 11.3. The van der Waals surface area contributed by atoms with E-state index in [2.05, 4.69) is 0 Å². The SMILES string of the molecule is CCOC(=O)[C@]1(O)CCCC[C@@H]1O. The Bertz CT molecular complexity index is 192. The van der Waals surface area contributed by atoms with Crippen LogP contribution >= 0.6 is 0 Å². The van der Waals surface area contributed by atoms with Gasteiger partial charge in [0.1, 0.15) is 0 Å². The van der Waals surface area contributed by atoms with Crippen molar-refractivity contribution in [2.24, 2.45) is 0 Å². The molecule has 1 saturated carbocycles. The second kappa shape index (κ2) is 4.07. The van der Waals surface area contributed by atoms with Gasteiger partial charge < -0.3 is 14.9 Å². The van der Waals surface area contributed by atoms with E-state index in [1.54, 1.807) is 6.92 Å². The molecule has 2 N–H and O–H groups in total. The summed E-state index contributed by atoms with van der Waals surface area (Å²) in [6.45, 7) is 1.91. The Labute approximate surface area is 77.5 Å². The van der Waals surface area contributed by atoms with Crippen LogP contribution in [-0.2, 0) is 9.53 Å². The lowest BCUT2D eigenvalue weighted by Crippen LogP contribution is -2.52. The first-order valence-electron chi connectivity index (χ1n) is 4.69. The highest BCUT2D eigenvalue weighted by molar-refractivity contribution is 5.80. The smallest absolute Gasteiger partial charge is 0.340 e. The molecule has 0 heterocycles. The lowest BCUT2D eigenvalue weighted by Gasteiger charge is -2.34. The van der Waals surface area contributed by atoms with Gasteiger partial charge in [-0.2, -0.15) is 0 Å². The van der Waals surface area contributed by atoms with E-state index in [0.717, 1.165) is 12.8 Å². The van der Waals surface area contributed by atoms with Crippen LogP contribution in [0.3, 0.4) is 0 Å². The van der Waals surface area contributed by atoms with Crippen molar-refractivity contribution >= 4 is 5.97 Å². The van der Waals surface area contributed by atoms with Crippen LogP contribution in [0.5, 0.6) is 0 Å². The predicted octanol–water partition coefficient (Wildman–Crippen LogP) is 0.215. The molecule has 76 valence electrons. The number of rotatable bonds is 2. The van der Waals surface area contributed by atoms with Crippen LogP contribution < -0.4 is 0 Å². The van der Waals surface area contributed by atoms with Gasteiger partial charge in [0.05, 0.1) is 12.7 Å². The van der Waals surface area contributed by atoms with Crippen LogP contribution in [0.25, 0.3) is 0 Å². The maximum atomic E-state index is 11.3. The van der Waals surface area contributed by atoms with Crippen molar-refractivity contribution in [1.82, 2.24) is 0 Å². The minimum atomic E-state index is -1.66. The summed E-state index contributed by atoms with van der Waals surface area (Å²) in [6, 6.07) is 0. The maximum Gasteiger partial charge on any atom is 0.340 e. The third kappa shape index (κ3) is 2.00. The van der Waals surface area contributed by atoms with Crippen LogP contribution in [0.15, 0.2) is 0 Å². The Morgan fingerprint density at radius 1 is 1.62 bits per heavy atom. The predicted molar refractivity (Wildman–Crippen MR) is 46.1 cm³/mol. The fraction of sp³-hybridized carbons (Fsp3) is 0.889. The lowest BCUT2D eigenvalue weighted by molar-refractivity contribution is -0.183. The van der Waals surface area contributed by atoms with Crippen molar-refractivity contribution in [2.75, 3.05) is 6.61 Å². The molecule has 0 radical (unpaired) electrons. The number of esters is 1. The summed E-state index contributed by atoms with van der Waals surface area (Å²) in [6.07, 6.45) is 1.40. The van der Waals surface area contributed by atoms with Crippen molar-refractivity contribution in [3.63, 3.8) is 0 Å². The first kappa shape index (κ1) is 10.5. The molecular weight excluding hydrogens is 172 g/mol. The van der Waals surface area contributed by atoms with Crippen LogP contribution in [0.1, 0.15) is 32.6 Å². The molecule has 0 aliphatic heterocycles. The van der Waals surface area contributed by atoms with Crippen molar-refractivity contribution < 1.29 is 19.7 Å². The van der Waals surface area contributed by atoms with Crippen LogP contribution in [0.4, 0.5) is 0 Å². The Kier molecular flexibility index (Phi) is 3.27. The average molecular weight is 188 g/mol. The van der Waals surface area contributed by atoms with Gasteiger partial charge in [-0.15, -0.1) is 0 Å². The zero-order valence-electron chi connectivity index (χ0n) is 7.82. The molecule has 4 heteroatoms. The van der Waals surface area contributed by atoms with E-state index in [-0.39, 0.29) is 6.61 Å². The molecule has 0 aromatic heterocycles. The van der Waals surface area contributed by atoms with Crippen molar-refractivity contribution in [2.45, 2.75) is 44.3 Å². The van der Waals surface area contributed by atoms with Crippen LogP contribution in [-0.4, -0.2) is 34.5 Å². The molecule has 0 bridgehead atoms. The number of aliphatic hydroxyl groups is 2. The summed E-state index contributed by atoms with van der Waals surface area (Å²) in [5.74, 6) is -0.692. The van der Waals surface area contributed by atoms with Gasteiger partial charge in [0.25, 0.3) is 0 Å². The van der Waals surface area contributed by atoms with Crippen molar-refractivity contribution in [3.8, 4) is 0 Å². The molecular formula is C9H16O4. The van der Waals surface area contributed by atoms with Gasteiger partial charge in [0.15, 0.2) is 5.60 Å². The van der Waals surface area contributed by atoms with E-state index in [1.165, 1.54) is 0 Å². The van der Waals surface area contributed by atoms with Gasteiger partial charge in [-0.1, -0.05) is 6.42 Å². The van der Waals surface area contributed by atoms with Gasteiger partial charge in [0.2, 0.25) is 0 Å². The number of hydrogen-bond donors (Lipinski definition) is 2. The number of carbonyl (C=O) groups excluding carboxylic acids is 1. The van der Waals surface area contributed by atoms with Gasteiger partial charge in [-0.05, 0) is 26.2 Å². The van der Waals surface area contributed by atoms with E-state index in [9.17, 15) is 15.0 Å². The van der Waals surface area contributed by atoms with Gasteiger partial charge in [-0.3, -0.25) is 0 Å². The minimum absolute atomic E-state index is 0.230. The second-order valence-electron chi connectivity index (χ2n) is 3.41. The molecule has 0 aromatic rings. The summed E-state index contributed by atoms with van der Waals surface area (Å²) in [7, 11) is 0. The highest BCUT2D eigenvalue weighted by Crippen LogP contribution is 2.29. The molecule has 0 unspecified atom stereocenters. The molecule has 1 aliphatic carbocycles. The third-order valence-electron chi connectivity index (χ3n) is 2.47. The van der Waals surface area contributed by atoms with E-state index < -0.39 is 17.7 Å². The summed E-state index contributed by atoms with van der Waals surface area (Å²) >= 11 is 0. The fourth-order valence-electron chi connectivity index (χ4n) is 1.63. The number of hydrogen-bond acceptors (Lipinski definition) is 4.